The van der Waals surface area contributed by atoms with E-state index in [-0.39, 0.29) is 24.2 Å². The van der Waals surface area contributed by atoms with Crippen molar-refractivity contribution in [3.63, 3.8) is 0 Å². The first kappa shape index (κ1) is 19.6. The number of likely N-dealkylation sites (tertiary alicyclic amines) is 1. The highest BCUT2D eigenvalue weighted by Crippen LogP contribution is 2.22. The number of benzene rings is 2. The van der Waals surface area contributed by atoms with Crippen molar-refractivity contribution in [2.24, 2.45) is 5.92 Å². The summed E-state index contributed by atoms with van der Waals surface area (Å²) in [5.41, 5.74) is 2.81. The van der Waals surface area contributed by atoms with Crippen LogP contribution in [0.1, 0.15) is 34.3 Å². The first-order chi connectivity index (χ1) is 14.1. The van der Waals surface area contributed by atoms with Gasteiger partial charge in [-0.15, -0.1) is 0 Å². The third kappa shape index (κ3) is 4.82. The summed E-state index contributed by atoms with van der Waals surface area (Å²) in [4.78, 5) is 28.7. The normalized spacial score (nSPS) is 17.4. The van der Waals surface area contributed by atoms with Crippen LogP contribution in [0.15, 0.2) is 48.5 Å². The molecule has 0 radical (unpaired) electrons. The summed E-state index contributed by atoms with van der Waals surface area (Å²) in [7, 11) is 0. The highest BCUT2D eigenvalue weighted by Gasteiger charge is 2.28. The summed E-state index contributed by atoms with van der Waals surface area (Å²) < 4.78 is 13.0. The quantitative estimate of drug-likeness (QED) is 0.818. The molecule has 2 aromatic carbocycles. The van der Waals surface area contributed by atoms with Crippen molar-refractivity contribution < 1.29 is 14.0 Å². The number of nitrogens with one attached hydrogen (secondary N) is 1. The van der Waals surface area contributed by atoms with Gasteiger partial charge in [0.1, 0.15) is 12.4 Å². The van der Waals surface area contributed by atoms with E-state index in [2.05, 4.69) is 10.2 Å². The Bertz CT molecular complexity index is 876. The van der Waals surface area contributed by atoms with Crippen LogP contribution >= 0.6 is 0 Å². The van der Waals surface area contributed by atoms with Gasteiger partial charge in [0.2, 0.25) is 5.91 Å². The van der Waals surface area contributed by atoms with Gasteiger partial charge in [-0.1, -0.05) is 30.3 Å². The van der Waals surface area contributed by atoms with E-state index in [1.165, 1.54) is 12.1 Å². The number of halogens is 1. The SMILES string of the molecule is O=C(CN1Cc2ccccc2C1=O)NCC1CCN(Cc2ccc(F)cc2)CC1. The summed E-state index contributed by atoms with van der Waals surface area (Å²) in [6.45, 7) is 4.03. The lowest BCUT2D eigenvalue weighted by molar-refractivity contribution is -0.122. The molecule has 0 saturated carbocycles. The van der Waals surface area contributed by atoms with Crippen LogP contribution in [0.3, 0.4) is 0 Å². The van der Waals surface area contributed by atoms with Crippen LogP contribution in [0, 0.1) is 11.7 Å². The largest absolute Gasteiger partial charge is 0.354 e. The Morgan fingerprint density at radius 2 is 1.79 bits per heavy atom. The molecule has 1 N–H and O–H groups in total. The second kappa shape index (κ2) is 8.74. The van der Waals surface area contributed by atoms with Crippen LogP contribution in [0.2, 0.25) is 0 Å². The van der Waals surface area contributed by atoms with Gasteiger partial charge >= 0.3 is 0 Å². The molecule has 0 aromatic heterocycles. The third-order valence-electron chi connectivity index (χ3n) is 5.85. The van der Waals surface area contributed by atoms with E-state index >= 15 is 0 Å². The van der Waals surface area contributed by atoms with E-state index in [9.17, 15) is 14.0 Å². The monoisotopic (exact) mass is 395 g/mol. The zero-order chi connectivity index (χ0) is 20.2. The molecule has 1 fully saturated rings. The molecule has 6 heteroatoms. The summed E-state index contributed by atoms with van der Waals surface area (Å²) in [5.74, 6) is 0.0855. The molecular weight excluding hydrogens is 369 g/mol. The summed E-state index contributed by atoms with van der Waals surface area (Å²) >= 11 is 0. The Kier molecular flexibility index (Phi) is 5.90. The molecule has 2 aromatic rings. The smallest absolute Gasteiger partial charge is 0.254 e. The van der Waals surface area contributed by atoms with Gasteiger partial charge in [-0.05, 0) is 61.2 Å². The minimum Gasteiger partial charge on any atom is -0.354 e. The molecule has 2 aliphatic rings. The molecule has 5 nitrogen and oxygen atoms in total. The van der Waals surface area contributed by atoms with Gasteiger partial charge in [-0.2, -0.15) is 0 Å². The van der Waals surface area contributed by atoms with Crippen LogP contribution < -0.4 is 5.32 Å². The van der Waals surface area contributed by atoms with E-state index < -0.39 is 0 Å². The average Bonchev–Trinajstić information content (AvgIpc) is 3.05. The Hall–Kier alpha value is -2.73. The molecule has 0 spiro atoms. The minimum absolute atomic E-state index is 0.0650. The van der Waals surface area contributed by atoms with Gasteiger partial charge in [-0.25, -0.2) is 4.39 Å². The van der Waals surface area contributed by atoms with E-state index in [4.69, 9.17) is 0 Å². The number of hydrogen-bond donors (Lipinski definition) is 1. The molecule has 0 unspecified atom stereocenters. The number of amides is 2. The Morgan fingerprint density at radius 3 is 2.52 bits per heavy atom. The highest BCUT2D eigenvalue weighted by atomic mass is 19.1. The van der Waals surface area contributed by atoms with Crippen LogP contribution in [0.5, 0.6) is 0 Å². The number of rotatable bonds is 6. The van der Waals surface area contributed by atoms with Crippen LogP contribution in [0.25, 0.3) is 0 Å². The molecule has 0 aliphatic carbocycles. The lowest BCUT2D eigenvalue weighted by Crippen LogP contribution is -2.42. The van der Waals surface area contributed by atoms with E-state index in [0.717, 1.165) is 43.6 Å². The van der Waals surface area contributed by atoms with Crippen molar-refractivity contribution in [3.8, 4) is 0 Å². The first-order valence-corrected chi connectivity index (χ1v) is 10.2. The summed E-state index contributed by atoms with van der Waals surface area (Å²) in [6.07, 6.45) is 2.05. The van der Waals surface area contributed by atoms with Crippen molar-refractivity contribution in [1.29, 1.82) is 0 Å². The van der Waals surface area contributed by atoms with Gasteiger partial charge in [0.25, 0.3) is 5.91 Å². The topological polar surface area (TPSA) is 52.7 Å². The van der Waals surface area contributed by atoms with E-state index in [1.807, 2.05) is 36.4 Å². The van der Waals surface area contributed by atoms with Crippen molar-refractivity contribution >= 4 is 11.8 Å². The van der Waals surface area contributed by atoms with Gasteiger partial charge in [0.15, 0.2) is 0 Å². The van der Waals surface area contributed by atoms with Crippen molar-refractivity contribution in [1.82, 2.24) is 15.1 Å². The van der Waals surface area contributed by atoms with Gasteiger partial charge in [-0.3, -0.25) is 14.5 Å². The molecule has 152 valence electrons. The predicted molar refractivity (Wildman–Crippen MR) is 109 cm³/mol. The molecular formula is C23H26FN3O2. The molecule has 0 bridgehead atoms. The lowest BCUT2D eigenvalue weighted by atomic mass is 9.96. The Balaban J connectivity index is 1.17. The fraction of sp³-hybridized carbons (Fsp3) is 0.391. The lowest BCUT2D eigenvalue weighted by Gasteiger charge is -2.32. The maximum atomic E-state index is 13.0. The summed E-state index contributed by atoms with van der Waals surface area (Å²) in [6, 6.07) is 14.2. The minimum atomic E-state index is -0.206. The Labute approximate surface area is 170 Å². The standard InChI is InChI=1S/C23H26FN3O2/c24-20-7-5-18(6-8-20)14-26-11-9-17(10-12-26)13-25-22(28)16-27-15-19-3-1-2-4-21(19)23(27)29/h1-8,17H,9-16H2,(H,25,28). The maximum absolute atomic E-state index is 13.0. The second-order valence-corrected chi connectivity index (χ2v) is 7.97. The molecule has 4 rings (SSSR count). The fourth-order valence-corrected chi connectivity index (χ4v) is 4.13. The van der Waals surface area contributed by atoms with Crippen molar-refractivity contribution in [3.05, 3.63) is 71.0 Å². The van der Waals surface area contributed by atoms with Crippen LogP contribution in [0.4, 0.5) is 4.39 Å². The number of carbonyl (C=O) groups is 2. The zero-order valence-electron chi connectivity index (χ0n) is 16.4. The second-order valence-electron chi connectivity index (χ2n) is 7.97. The van der Waals surface area contributed by atoms with Crippen LogP contribution in [-0.2, 0) is 17.9 Å². The first-order valence-electron chi connectivity index (χ1n) is 10.2. The maximum Gasteiger partial charge on any atom is 0.254 e. The van der Waals surface area contributed by atoms with Crippen molar-refractivity contribution in [2.45, 2.75) is 25.9 Å². The molecule has 2 aliphatic heterocycles. The third-order valence-corrected chi connectivity index (χ3v) is 5.85. The molecule has 1 saturated heterocycles. The molecule has 2 heterocycles. The number of fused-ring (bicyclic) bond motifs is 1. The number of hydrogen-bond acceptors (Lipinski definition) is 3. The van der Waals surface area contributed by atoms with Gasteiger partial charge in [0.05, 0.1) is 0 Å². The Morgan fingerprint density at radius 1 is 1.07 bits per heavy atom. The number of carbonyl (C=O) groups excluding carboxylic acids is 2. The highest BCUT2D eigenvalue weighted by molar-refractivity contribution is 6.00. The van der Waals surface area contributed by atoms with E-state index in [1.54, 1.807) is 4.90 Å². The number of piperidine rings is 1. The van der Waals surface area contributed by atoms with Crippen molar-refractivity contribution in [2.75, 3.05) is 26.2 Å². The van der Waals surface area contributed by atoms with E-state index in [0.29, 0.717) is 24.6 Å². The molecule has 2 amide bonds. The van der Waals surface area contributed by atoms with Crippen LogP contribution in [-0.4, -0.2) is 47.8 Å². The number of nitrogens with zero attached hydrogens (tertiary/aromatic N) is 2. The van der Waals surface area contributed by atoms with Gasteiger partial charge in [0, 0.05) is 25.2 Å². The molecule has 29 heavy (non-hydrogen) atoms. The average molecular weight is 395 g/mol. The zero-order valence-corrected chi connectivity index (χ0v) is 16.4. The fourth-order valence-electron chi connectivity index (χ4n) is 4.13. The molecule has 0 atom stereocenters. The van der Waals surface area contributed by atoms with Gasteiger partial charge < -0.3 is 10.2 Å². The predicted octanol–water partition coefficient (Wildman–Crippen LogP) is 2.81. The summed E-state index contributed by atoms with van der Waals surface area (Å²) in [5, 5.41) is 3.00.